The molecule has 0 aliphatic rings. The Kier molecular flexibility index (Phi) is 3.40. The van der Waals surface area contributed by atoms with Crippen molar-refractivity contribution in [2.75, 3.05) is 5.73 Å². The molecule has 17 heavy (non-hydrogen) atoms. The molecule has 88 valence electrons. The van der Waals surface area contributed by atoms with Gasteiger partial charge in [-0.3, -0.25) is 4.79 Å². The second kappa shape index (κ2) is 4.66. The first-order valence-electron chi connectivity index (χ1n) is 4.84. The predicted molar refractivity (Wildman–Crippen MR) is 73.1 cm³/mol. The lowest BCUT2D eigenvalue weighted by Crippen LogP contribution is -2.05. The highest BCUT2D eigenvalue weighted by Crippen LogP contribution is 2.26. The molecule has 0 aliphatic carbocycles. The Morgan fingerprint density at radius 1 is 1.29 bits per heavy atom. The zero-order chi connectivity index (χ0) is 12.6. The SMILES string of the molecule is Cc1c(N)cc(Br)cc1C(=O)c1ccc(Br)o1. The molecule has 0 amide bonds. The maximum Gasteiger partial charge on any atom is 0.228 e. The van der Waals surface area contributed by atoms with Crippen molar-refractivity contribution in [2.24, 2.45) is 0 Å². The minimum Gasteiger partial charge on any atom is -0.446 e. The molecule has 0 spiro atoms. The molecule has 0 aliphatic heterocycles. The highest BCUT2D eigenvalue weighted by molar-refractivity contribution is 9.10. The van der Waals surface area contributed by atoms with Gasteiger partial charge in [-0.05, 0) is 52.7 Å². The molecule has 0 fully saturated rings. The average molecular weight is 359 g/mol. The number of carbonyl (C=O) groups excluding carboxylic acids is 1. The van der Waals surface area contributed by atoms with Crippen LogP contribution in [0.2, 0.25) is 0 Å². The van der Waals surface area contributed by atoms with E-state index in [4.69, 9.17) is 10.2 Å². The summed E-state index contributed by atoms with van der Waals surface area (Å²) >= 11 is 6.49. The van der Waals surface area contributed by atoms with Crippen LogP contribution in [-0.4, -0.2) is 5.78 Å². The third kappa shape index (κ3) is 2.45. The Labute approximate surface area is 115 Å². The van der Waals surface area contributed by atoms with Crippen molar-refractivity contribution in [3.8, 4) is 0 Å². The fourth-order valence-corrected chi connectivity index (χ4v) is 2.29. The Morgan fingerprint density at radius 3 is 2.59 bits per heavy atom. The monoisotopic (exact) mass is 357 g/mol. The van der Waals surface area contributed by atoms with Gasteiger partial charge in [0.05, 0.1) is 0 Å². The van der Waals surface area contributed by atoms with E-state index in [1.165, 1.54) is 0 Å². The summed E-state index contributed by atoms with van der Waals surface area (Å²) in [5.74, 6) is 0.110. The molecular weight excluding hydrogens is 350 g/mol. The lowest BCUT2D eigenvalue weighted by Gasteiger charge is -2.07. The summed E-state index contributed by atoms with van der Waals surface area (Å²) in [7, 11) is 0. The van der Waals surface area contributed by atoms with E-state index in [2.05, 4.69) is 31.9 Å². The number of carbonyl (C=O) groups is 1. The van der Waals surface area contributed by atoms with Gasteiger partial charge in [-0.2, -0.15) is 0 Å². The molecule has 1 aromatic heterocycles. The van der Waals surface area contributed by atoms with Gasteiger partial charge in [0, 0.05) is 15.7 Å². The van der Waals surface area contributed by atoms with Crippen LogP contribution in [0, 0.1) is 6.92 Å². The molecule has 2 rings (SSSR count). The summed E-state index contributed by atoms with van der Waals surface area (Å²) in [5, 5.41) is 0. The van der Waals surface area contributed by atoms with Crippen molar-refractivity contribution in [3.05, 3.63) is 50.3 Å². The topological polar surface area (TPSA) is 56.2 Å². The fourth-order valence-electron chi connectivity index (χ4n) is 1.51. The molecule has 0 unspecified atom stereocenters. The van der Waals surface area contributed by atoms with Crippen LogP contribution in [0.3, 0.4) is 0 Å². The van der Waals surface area contributed by atoms with Crippen LogP contribution < -0.4 is 5.73 Å². The van der Waals surface area contributed by atoms with Gasteiger partial charge in [-0.15, -0.1) is 0 Å². The molecule has 1 aromatic carbocycles. The van der Waals surface area contributed by atoms with Gasteiger partial charge in [0.1, 0.15) is 0 Å². The zero-order valence-corrected chi connectivity index (χ0v) is 12.1. The number of rotatable bonds is 2. The third-order valence-electron chi connectivity index (χ3n) is 2.45. The maximum atomic E-state index is 12.2. The number of benzene rings is 1. The van der Waals surface area contributed by atoms with Gasteiger partial charge in [0.25, 0.3) is 0 Å². The number of nitrogen functional groups attached to an aromatic ring is 1. The van der Waals surface area contributed by atoms with Gasteiger partial charge in [0.2, 0.25) is 5.78 Å². The van der Waals surface area contributed by atoms with Crippen molar-refractivity contribution in [1.82, 2.24) is 0 Å². The van der Waals surface area contributed by atoms with E-state index in [1.807, 2.05) is 6.92 Å². The van der Waals surface area contributed by atoms with Gasteiger partial charge < -0.3 is 10.2 Å². The van der Waals surface area contributed by atoms with E-state index >= 15 is 0 Å². The molecule has 2 aromatic rings. The Balaban J connectivity index is 2.51. The lowest BCUT2D eigenvalue weighted by atomic mass is 10.0. The molecule has 1 heterocycles. The number of furan rings is 1. The molecule has 0 bridgehead atoms. The molecule has 0 saturated carbocycles. The summed E-state index contributed by atoms with van der Waals surface area (Å²) in [6.07, 6.45) is 0. The number of halogens is 2. The fraction of sp³-hybridized carbons (Fsp3) is 0.0833. The molecular formula is C12H9Br2NO2. The van der Waals surface area contributed by atoms with Crippen LogP contribution in [0.15, 0.2) is 37.8 Å². The normalized spacial score (nSPS) is 10.5. The summed E-state index contributed by atoms with van der Waals surface area (Å²) < 4.78 is 6.55. The van der Waals surface area contributed by atoms with Crippen molar-refractivity contribution in [2.45, 2.75) is 6.92 Å². The first-order valence-corrected chi connectivity index (χ1v) is 6.43. The van der Waals surface area contributed by atoms with Gasteiger partial charge in [0.15, 0.2) is 10.4 Å². The zero-order valence-electron chi connectivity index (χ0n) is 8.96. The van der Waals surface area contributed by atoms with Crippen molar-refractivity contribution < 1.29 is 9.21 Å². The van der Waals surface area contributed by atoms with Crippen LogP contribution in [0.4, 0.5) is 5.69 Å². The van der Waals surface area contributed by atoms with E-state index in [9.17, 15) is 4.79 Å². The third-order valence-corrected chi connectivity index (χ3v) is 3.34. The molecule has 0 atom stereocenters. The summed E-state index contributed by atoms with van der Waals surface area (Å²) in [6, 6.07) is 6.82. The maximum absolute atomic E-state index is 12.2. The molecule has 5 heteroatoms. The molecule has 3 nitrogen and oxygen atoms in total. The number of ketones is 1. The van der Waals surface area contributed by atoms with E-state index in [-0.39, 0.29) is 11.5 Å². The summed E-state index contributed by atoms with van der Waals surface area (Å²) in [4.78, 5) is 12.2. The van der Waals surface area contributed by atoms with E-state index < -0.39 is 0 Å². The summed E-state index contributed by atoms with van der Waals surface area (Å²) in [5.41, 5.74) is 7.69. The Hall–Kier alpha value is -1.07. The minimum atomic E-state index is -0.179. The first kappa shape index (κ1) is 12.4. The number of hydrogen-bond acceptors (Lipinski definition) is 3. The quantitative estimate of drug-likeness (QED) is 0.653. The van der Waals surface area contributed by atoms with Crippen LogP contribution >= 0.6 is 31.9 Å². The minimum absolute atomic E-state index is 0.179. The number of nitrogens with two attached hydrogens (primary N) is 1. The number of anilines is 1. The van der Waals surface area contributed by atoms with Gasteiger partial charge in [-0.1, -0.05) is 15.9 Å². The largest absolute Gasteiger partial charge is 0.446 e. The van der Waals surface area contributed by atoms with Crippen molar-refractivity contribution >= 4 is 43.3 Å². The van der Waals surface area contributed by atoms with Crippen molar-refractivity contribution in [1.29, 1.82) is 0 Å². The number of hydrogen-bond donors (Lipinski definition) is 1. The second-order valence-electron chi connectivity index (χ2n) is 3.60. The standard InChI is InChI=1S/C12H9Br2NO2/c1-6-8(4-7(13)5-9(6)15)12(16)10-2-3-11(14)17-10/h2-5H,15H2,1H3. The highest BCUT2D eigenvalue weighted by atomic mass is 79.9. The Morgan fingerprint density at radius 2 is 2.00 bits per heavy atom. The van der Waals surface area contributed by atoms with Crippen LogP contribution in [0.1, 0.15) is 21.7 Å². The van der Waals surface area contributed by atoms with Crippen LogP contribution in [0.5, 0.6) is 0 Å². The highest BCUT2D eigenvalue weighted by Gasteiger charge is 2.17. The van der Waals surface area contributed by atoms with E-state index in [1.54, 1.807) is 24.3 Å². The first-order chi connectivity index (χ1) is 7.99. The molecule has 0 radical (unpaired) electrons. The van der Waals surface area contributed by atoms with Gasteiger partial charge in [-0.25, -0.2) is 0 Å². The smallest absolute Gasteiger partial charge is 0.228 e. The molecule has 2 N–H and O–H groups in total. The predicted octanol–water partition coefficient (Wildman–Crippen LogP) is 3.93. The molecule has 0 saturated heterocycles. The average Bonchev–Trinajstić information content (AvgIpc) is 2.69. The lowest BCUT2D eigenvalue weighted by molar-refractivity contribution is 0.101. The second-order valence-corrected chi connectivity index (χ2v) is 5.30. The van der Waals surface area contributed by atoms with E-state index in [0.29, 0.717) is 15.9 Å². The van der Waals surface area contributed by atoms with E-state index in [0.717, 1.165) is 10.0 Å². The van der Waals surface area contributed by atoms with Crippen LogP contribution in [-0.2, 0) is 0 Å². The summed E-state index contributed by atoms with van der Waals surface area (Å²) in [6.45, 7) is 1.81. The van der Waals surface area contributed by atoms with Crippen LogP contribution in [0.25, 0.3) is 0 Å². The van der Waals surface area contributed by atoms with Gasteiger partial charge >= 0.3 is 0 Å². The Bertz CT molecular complexity index is 590. The van der Waals surface area contributed by atoms with Crippen molar-refractivity contribution in [3.63, 3.8) is 0 Å².